The molecule has 0 aliphatic rings. The molecule has 0 saturated carbocycles. The monoisotopic (exact) mass is 330 g/mol. The van der Waals surface area contributed by atoms with Gasteiger partial charge in [0.25, 0.3) is 0 Å². The number of nitriles is 1. The molecule has 1 heterocycles. The summed E-state index contributed by atoms with van der Waals surface area (Å²) in [7, 11) is 0. The lowest BCUT2D eigenvalue weighted by atomic mass is 10.1. The number of aromatic nitrogens is 2. The van der Waals surface area contributed by atoms with Crippen LogP contribution in [0.1, 0.15) is 36.7 Å². The molecular weight excluding hydrogens is 316 g/mol. The van der Waals surface area contributed by atoms with Crippen molar-refractivity contribution in [2.24, 2.45) is 0 Å². The number of rotatable bonds is 3. The molecule has 0 amide bonds. The highest BCUT2D eigenvalue weighted by Gasteiger charge is 2.08. The summed E-state index contributed by atoms with van der Waals surface area (Å²) < 4.78 is 0.743. The third kappa shape index (κ3) is 3.34. The normalized spacial score (nSPS) is 10.4. The fourth-order valence-electron chi connectivity index (χ4n) is 1.72. The van der Waals surface area contributed by atoms with Crippen molar-refractivity contribution in [2.75, 3.05) is 5.32 Å². The highest BCUT2D eigenvalue weighted by Crippen LogP contribution is 2.23. The molecule has 0 saturated heterocycles. The van der Waals surface area contributed by atoms with Gasteiger partial charge in [0.1, 0.15) is 16.2 Å². The summed E-state index contributed by atoms with van der Waals surface area (Å²) in [5, 5.41) is 12.2. The molecule has 0 aliphatic carbocycles. The number of benzene rings is 1. The van der Waals surface area contributed by atoms with E-state index in [4.69, 9.17) is 5.26 Å². The first kappa shape index (κ1) is 14.5. The minimum absolute atomic E-state index is 0.250. The zero-order valence-corrected chi connectivity index (χ0v) is 13.2. The van der Waals surface area contributed by atoms with E-state index in [0.717, 1.165) is 21.7 Å². The van der Waals surface area contributed by atoms with Gasteiger partial charge in [-0.25, -0.2) is 9.97 Å². The maximum Gasteiger partial charge on any atom is 0.135 e. The average Bonchev–Trinajstić information content (AvgIpc) is 2.40. The Morgan fingerprint density at radius 1 is 1.25 bits per heavy atom. The molecule has 0 bridgehead atoms. The fourth-order valence-corrected chi connectivity index (χ4v) is 2.12. The maximum absolute atomic E-state index is 8.97. The van der Waals surface area contributed by atoms with E-state index in [1.807, 2.05) is 39.0 Å². The number of hydrogen-bond acceptors (Lipinski definition) is 4. The van der Waals surface area contributed by atoms with Crippen LogP contribution in [0.25, 0.3) is 0 Å². The SMILES string of the molecule is Cc1ccc(C#N)cc1Nc1cc(Br)nc(C(C)C)n1. The standard InChI is InChI=1S/C15H15BrN4/c1-9(2)15-19-13(16)7-14(20-15)18-12-6-11(8-17)5-4-10(12)3/h4-7,9H,1-3H3,(H,18,19,20). The van der Waals surface area contributed by atoms with Gasteiger partial charge in [-0.1, -0.05) is 19.9 Å². The first-order valence-electron chi connectivity index (χ1n) is 6.32. The number of halogens is 1. The molecule has 1 aromatic heterocycles. The van der Waals surface area contributed by atoms with Crippen molar-refractivity contribution in [3.8, 4) is 6.07 Å². The van der Waals surface area contributed by atoms with Crippen LogP contribution in [0.2, 0.25) is 0 Å². The van der Waals surface area contributed by atoms with Crippen molar-refractivity contribution in [1.82, 2.24) is 9.97 Å². The second kappa shape index (κ2) is 6.02. The van der Waals surface area contributed by atoms with Crippen LogP contribution < -0.4 is 5.32 Å². The van der Waals surface area contributed by atoms with Crippen molar-refractivity contribution in [3.63, 3.8) is 0 Å². The Hall–Kier alpha value is -1.93. The predicted octanol–water partition coefficient (Wildman–Crippen LogP) is 4.29. The number of anilines is 2. The summed E-state index contributed by atoms with van der Waals surface area (Å²) in [5.74, 6) is 1.74. The van der Waals surface area contributed by atoms with Crippen LogP contribution in [0.4, 0.5) is 11.5 Å². The summed E-state index contributed by atoms with van der Waals surface area (Å²) >= 11 is 3.40. The van der Waals surface area contributed by atoms with Crippen LogP contribution in [0.3, 0.4) is 0 Å². The van der Waals surface area contributed by atoms with Gasteiger partial charge < -0.3 is 5.32 Å². The molecule has 102 valence electrons. The second-order valence-corrected chi connectivity index (χ2v) is 5.67. The number of aryl methyl sites for hydroxylation is 1. The van der Waals surface area contributed by atoms with E-state index in [-0.39, 0.29) is 5.92 Å². The molecule has 5 heteroatoms. The molecule has 1 aromatic carbocycles. The lowest BCUT2D eigenvalue weighted by molar-refractivity contribution is 0.771. The van der Waals surface area contributed by atoms with Crippen LogP contribution in [-0.4, -0.2) is 9.97 Å². The summed E-state index contributed by atoms with van der Waals surface area (Å²) in [6, 6.07) is 9.50. The topological polar surface area (TPSA) is 61.6 Å². The Labute approximate surface area is 127 Å². The Balaban J connectivity index is 2.37. The van der Waals surface area contributed by atoms with E-state index in [1.165, 1.54) is 0 Å². The van der Waals surface area contributed by atoms with E-state index >= 15 is 0 Å². The van der Waals surface area contributed by atoms with Crippen LogP contribution in [-0.2, 0) is 0 Å². The van der Waals surface area contributed by atoms with Gasteiger partial charge in [0, 0.05) is 17.7 Å². The number of nitrogens with zero attached hydrogens (tertiary/aromatic N) is 3. The molecule has 2 rings (SSSR count). The van der Waals surface area contributed by atoms with Crippen molar-refractivity contribution < 1.29 is 0 Å². The Bertz CT molecular complexity index is 674. The third-order valence-corrected chi connectivity index (χ3v) is 3.26. The summed E-state index contributed by atoms with van der Waals surface area (Å²) in [6.07, 6.45) is 0. The van der Waals surface area contributed by atoms with E-state index < -0.39 is 0 Å². The molecule has 20 heavy (non-hydrogen) atoms. The van der Waals surface area contributed by atoms with Gasteiger partial charge in [-0.2, -0.15) is 5.26 Å². The largest absolute Gasteiger partial charge is 0.340 e. The molecule has 0 aliphatic heterocycles. The van der Waals surface area contributed by atoms with Gasteiger partial charge in [-0.15, -0.1) is 0 Å². The Morgan fingerprint density at radius 2 is 2.00 bits per heavy atom. The van der Waals surface area contributed by atoms with Gasteiger partial charge in [-0.3, -0.25) is 0 Å². The van der Waals surface area contributed by atoms with Crippen molar-refractivity contribution in [1.29, 1.82) is 5.26 Å². The predicted molar refractivity (Wildman–Crippen MR) is 83.0 cm³/mol. The van der Waals surface area contributed by atoms with Crippen molar-refractivity contribution in [3.05, 3.63) is 45.8 Å². The highest BCUT2D eigenvalue weighted by molar-refractivity contribution is 9.10. The molecular formula is C15H15BrN4. The molecule has 0 fully saturated rings. The minimum atomic E-state index is 0.250. The van der Waals surface area contributed by atoms with Crippen molar-refractivity contribution in [2.45, 2.75) is 26.7 Å². The number of hydrogen-bond donors (Lipinski definition) is 1. The van der Waals surface area contributed by atoms with Crippen LogP contribution >= 0.6 is 15.9 Å². The molecule has 0 radical (unpaired) electrons. The average molecular weight is 331 g/mol. The van der Waals surface area contributed by atoms with E-state index in [2.05, 4.69) is 37.3 Å². The van der Waals surface area contributed by atoms with E-state index in [1.54, 1.807) is 6.07 Å². The van der Waals surface area contributed by atoms with Crippen LogP contribution in [0, 0.1) is 18.3 Å². The first-order chi connectivity index (χ1) is 9.49. The lowest BCUT2D eigenvalue weighted by Gasteiger charge is -2.11. The summed E-state index contributed by atoms with van der Waals surface area (Å²) in [4.78, 5) is 8.83. The fraction of sp³-hybridized carbons (Fsp3) is 0.267. The second-order valence-electron chi connectivity index (χ2n) is 4.86. The minimum Gasteiger partial charge on any atom is -0.340 e. The maximum atomic E-state index is 8.97. The Kier molecular flexibility index (Phi) is 4.35. The highest BCUT2D eigenvalue weighted by atomic mass is 79.9. The van der Waals surface area contributed by atoms with Gasteiger partial charge >= 0.3 is 0 Å². The van der Waals surface area contributed by atoms with Gasteiger partial charge in [0.2, 0.25) is 0 Å². The molecule has 1 N–H and O–H groups in total. The molecule has 2 aromatic rings. The van der Waals surface area contributed by atoms with Gasteiger partial charge in [0.15, 0.2) is 0 Å². The molecule has 0 spiro atoms. The van der Waals surface area contributed by atoms with Crippen LogP contribution in [0.5, 0.6) is 0 Å². The van der Waals surface area contributed by atoms with Gasteiger partial charge in [0.05, 0.1) is 11.6 Å². The third-order valence-electron chi connectivity index (χ3n) is 2.86. The zero-order chi connectivity index (χ0) is 14.7. The van der Waals surface area contributed by atoms with E-state index in [9.17, 15) is 0 Å². The first-order valence-corrected chi connectivity index (χ1v) is 7.11. The molecule has 0 unspecified atom stereocenters. The van der Waals surface area contributed by atoms with Crippen LogP contribution in [0.15, 0.2) is 28.9 Å². The quantitative estimate of drug-likeness (QED) is 0.853. The van der Waals surface area contributed by atoms with Gasteiger partial charge in [-0.05, 0) is 40.5 Å². The molecule has 4 nitrogen and oxygen atoms in total. The smallest absolute Gasteiger partial charge is 0.135 e. The number of nitrogens with one attached hydrogen (secondary N) is 1. The van der Waals surface area contributed by atoms with E-state index in [0.29, 0.717) is 11.4 Å². The lowest BCUT2D eigenvalue weighted by Crippen LogP contribution is -2.03. The summed E-state index contributed by atoms with van der Waals surface area (Å²) in [6.45, 7) is 6.09. The van der Waals surface area contributed by atoms with Crippen molar-refractivity contribution >= 4 is 27.4 Å². The molecule has 0 atom stereocenters. The zero-order valence-electron chi connectivity index (χ0n) is 11.6. The Morgan fingerprint density at radius 3 is 2.65 bits per heavy atom. The summed E-state index contributed by atoms with van der Waals surface area (Å²) in [5.41, 5.74) is 2.56.